The minimum Gasteiger partial charge on any atom is -0.490 e. The van der Waals surface area contributed by atoms with Crippen molar-refractivity contribution in [1.82, 2.24) is 5.32 Å². The van der Waals surface area contributed by atoms with E-state index in [-0.39, 0.29) is 11.9 Å². The molecule has 1 aromatic carbocycles. The van der Waals surface area contributed by atoms with Gasteiger partial charge < -0.3 is 14.8 Å². The van der Waals surface area contributed by atoms with Gasteiger partial charge in [0, 0.05) is 12.5 Å². The van der Waals surface area contributed by atoms with Crippen LogP contribution in [0.4, 0.5) is 13.2 Å². The molecule has 2 atom stereocenters. The minimum absolute atomic E-state index is 0.0121. The van der Waals surface area contributed by atoms with E-state index in [1.807, 2.05) is 6.92 Å². The third kappa shape index (κ3) is 4.29. The maximum Gasteiger partial charge on any atom is 0.416 e. The number of rotatable bonds is 5. The first-order valence-electron chi connectivity index (χ1n) is 7.63. The van der Waals surface area contributed by atoms with Gasteiger partial charge in [-0.3, -0.25) is 0 Å². The van der Waals surface area contributed by atoms with Crippen molar-refractivity contribution >= 4 is 0 Å². The van der Waals surface area contributed by atoms with Gasteiger partial charge in [-0.1, -0.05) is 13.8 Å². The van der Waals surface area contributed by atoms with Gasteiger partial charge in [0.1, 0.15) is 6.10 Å². The van der Waals surface area contributed by atoms with Gasteiger partial charge in [-0.15, -0.1) is 0 Å². The third-order valence-electron chi connectivity index (χ3n) is 3.72. The molecule has 1 fully saturated rings. The Hall–Kier alpha value is -1.43. The molecule has 0 radical (unpaired) electrons. The first kappa shape index (κ1) is 16.9. The lowest BCUT2D eigenvalue weighted by atomic mass is 9.98. The normalized spacial score (nSPS) is 22.4. The first-order chi connectivity index (χ1) is 10.4. The second-order valence-corrected chi connectivity index (χ2v) is 5.63. The molecule has 0 aliphatic carbocycles. The predicted octanol–water partition coefficient (Wildman–Crippen LogP) is 3.87. The number of hydrogen-bond donors (Lipinski definition) is 1. The monoisotopic (exact) mass is 317 g/mol. The summed E-state index contributed by atoms with van der Waals surface area (Å²) in [4.78, 5) is 0. The summed E-state index contributed by atoms with van der Waals surface area (Å²) in [5.41, 5.74) is -0.718. The molecule has 1 N–H and O–H groups in total. The lowest BCUT2D eigenvalue weighted by molar-refractivity contribution is -0.137. The van der Waals surface area contributed by atoms with Crippen LogP contribution in [0.25, 0.3) is 0 Å². The van der Waals surface area contributed by atoms with Crippen molar-refractivity contribution in [1.29, 1.82) is 0 Å². The average molecular weight is 317 g/mol. The fraction of sp³-hybridized carbons (Fsp3) is 0.625. The highest BCUT2D eigenvalue weighted by Crippen LogP contribution is 2.37. The Balaban J connectivity index is 2.21. The summed E-state index contributed by atoms with van der Waals surface area (Å²) in [6, 6.07) is 3.43. The molecule has 0 saturated carbocycles. The highest BCUT2D eigenvalue weighted by Gasteiger charge is 2.32. The van der Waals surface area contributed by atoms with Crippen molar-refractivity contribution in [3.63, 3.8) is 0 Å². The molecule has 0 unspecified atom stereocenters. The number of alkyl halides is 3. The van der Waals surface area contributed by atoms with Crippen LogP contribution in [0.3, 0.4) is 0 Å². The third-order valence-corrected chi connectivity index (χ3v) is 3.72. The van der Waals surface area contributed by atoms with Crippen LogP contribution in [-0.4, -0.2) is 25.8 Å². The number of ether oxygens (including phenoxy) is 2. The van der Waals surface area contributed by atoms with Crippen molar-refractivity contribution in [2.75, 3.05) is 19.7 Å². The standard InChI is InChI=1S/C16H22F3NO2/c1-3-8-21-15-9-12(16(17,18)19)4-5-14(15)22-13-6-7-20-10-11(13)2/h4-5,9,11,13,20H,3,6-8,10H2,1-2H3/t11-,13-/m0/s1. The number of benzene rings is 1. The van der Waals surface area contributed by atoms with Gasteiger partial charge in [0.05, 0.1) is 12.2 Å². The van der Waals surface area contributed by atoms with Gasteiger partial charge >= 0.3 is 6.18 Å². The van der Waals surface area contributed by atoms with Gasteiger partial charge in [0.25, 0.3) is 0 Å². The molecule has 1 aliphatic rings. The Morgan fingerprint density at radius 2 is 2.05 bits per heavy atom. The fourth-order valence-corrected chi connectivity index (χ4v) is 2.43. The summed E-state index contributed by atoms with van der Waals surface area (Å²) in [5, 5.41) is 3.27. The second-order valence-electron chi connectivity index (χ2n) is 5.63. The molecule has 1 aliphatic heterocycles. The number of hydrogen-bond acceptors (Lipinski definition) is 3. The first-order valence-corrected chi connectivity index (χ1v) is 7.63. The molecule has 1 heterocycles. The van der Waals surface area contributed by atoms with Gasteiger partial charge in [-0.05, 0) is 37.6 Å². The second kappa shape index (κ2) is 7.22. The predicted molar refractivity (Wildman–Crippen MR) is 78.3 cm³/mol. The molecule has 1 saturated heterocycles. The highest BCUT2D eigenvalue weighted by molar-refractivity contribution is 5.44. The average Bonchev–Trinajstić information content (AvgIpc) is 2.47. The number of nitrogens with one attached hydrogen (secondary N) is 1. The molecular weight excluding hydrogens is 295 g/mol. The Morgan fingerprint density at radius 3 is 2.68 bits per heavy atom. The van der Waals surface area contributed by atoms with E-state index in [0.29, 0.717) is 18.3 Å². The molecule has 0 aromatic heterocycles. The van der Waals surface area contributed by atoms with E-state index in [1.54, 1.807) is 0 Å². The van der Waals surface area contributed by atoms with E-state index in [1.165, 1.54) is 6.07 Å². The largest absolute Gasteiger partial charge is 0.490 e. The van der Waals surface area contributed by atoms with Gasteiger partial charge in [-0.25, -0.2) is 0 Å². The Bertz CT molecular complexity index is 491. The zero-order valence-electron chi connectivity index (χ0n) is 12.9. The summed E-state index contributed by atoms with van der Waals surface area (Å²) >= 11 is 0. The minimum atomic E-state index is -4.38. The van der Waals surface area contributed by atoms with Gasteiger partial charge in [0.2, 0.25) is 0 Å². The lowest BCUT2D eigenvalue weighted by Crippen LogP contribution is -2.41. The smallest absolute Gasteiger partial charge is 0.416 e. The fourth-order valence-electron chi connectivity index (χ4n) is 2.43. The molecule has 0 bridgehead atoms. The van der Waals surface area contributed by atoms with Crippen molar-refractivity contribution < 1.29 is 22.6 Å². The van der Waals surface area contributed by atoms with E-state index in [9.17, 15) is 13.2 Å². The van der Waals surface area contributed by atoms with Gasteiger partial charge in [-0.2, -0.15) is 13.2 Å². The summed E-state index contributed by atoms with van der Waals surface area (Å²) in [5.74, 6) is 0.859. The topological polar surface area (TPSA) is 30.5 Å². The van der Waals surface area contributed by atoms with E-state index >= 15 is 0 Å². The Kier molecular flexibility index (Phi) is 5.56. The zero-order chi connectivity index (χ0) is 16.2. The summed E-state index contributed by atoms with van der Waals surface area (Å²) in [6.45, 7) is 6.02. The van der Waals surface area contributed by atoms with E-state index < -0.39 is 11.7 Å². The van der Waals surface area contributed by atoms with Crippen molar-refractivity contribution in [3.05, 3.63) is 23.8 Å². The number of piperidine rings is 1. The van der Waals surface area contributed by atoms with Crippen LogP contribution in [0, 0.1) is 5.92 Å². The summed E-state index contributed by atoms with van der Waals surface area (Å²) in [6.07, 6.45) is -2.85. The quantitative estimate of drug-likeness (QED) is 0.894. The van der Waals surface area contributed by atoms with Crippen LogP contribution >= 0.6 is 0 Å². The van der Waals surface area contributed by atoms with E-state index in [2.05, 4.69) is 12.2 Å². The van der Waals surface area contributed by atoms with Crippen LogP contribution in [0.15, 0.2) is 18.2 Å². The van der Waals surface area contributed by atoms with Crippen molar-refractivity contribution in [3.8, 4) is 11.5 Å². The van der Waals surface area contributed by atoms with E-state index in [0.717, 1.165) is 38.1 Å². The maximum atomic E-state index is 12.8. The summed E-state index contributed by atoms with van der Waals surface area (Å²) in [7, 11) is 0. The van der Waals surface area contributed by atoms with Crippen LogP contribution in [0.1, 0.15) is 32.3 Å². The van der Waals surface area contributed by atoms with Gasteiger partial charge in [0.15, 0.2) is 11.5 Å². The molecule has 2 rings (SSSR count). The summed E-state index contributed by atoms with van der Waals surface area (Å²) < 4.78 is 49.9. The molecule has 22 heavy (non-hydrogen) atoms. The number of halogens is 3. The molecule has 3 nitrogen and oxygen atoms in total. The van der Waals surface area contributed by atoms with Crippen LogP contribution in [-0.2, 0) is 6.18 Å². The lowest BCUT2D eigenvalue weighted by Gasteiger charge is -2.30. The Morgan fingerprint density at radius 1 is 1.27 bits per heavy atom. The highest BCUT2D eigenvalue weighted by atomic mass is 19.4. The van der Waals surface area contributed by atoms with Crippen molar-refractivity contribution in [2.24, 2.45) is 5.92 Å². The van der Waals surface area contributed by atoms with Crippen molar-refractivity contribution in [2.45, 2.75) is 39.0 Å². The maximum absolute atomic E-state index is 12.8. The molecular formula is C16H22F3NO2. The molecule has 0 spiro atoms. The molecule has 1 aromatic rings. The van der Waals surface area contributed by atoms with Crippen LogP contribution in [0.2, 0.25) is 0 Å². The zero-order valence-corrected chi connectivity index (χ0v) is 12.9. The molecule has 124 valence electrons. The molecule has 0 amide bonds. The van der Waals surface area contributed by atoms with Crippen LogP contribution in [0.5, 0.6) is 11.5 Å². The van der Waals surface area contributed by atoms with Crippen LogP contribution < -0.4 is 14.8 Å². The Labute approximate surface area is 128 Å². The van der Waals surface area contributed by atoms with E-state index in [4.69, 9.17) is 9.47 Å². The molecule has 6 heteroatoms. The SMILES string of the molecule is CCCOc1cc(C(F)(F)F)ccc1O[C@H]1CCNC[C@@H]1C.